The van der Waals surface area contributed by atoms with Gasteiger partial charge in [0.2, 0.25) is 0 Å². The van der Waals surface area contributed by atoms with Crippen LogP contribution in [0.1, 0.15) is 19.3 Å². The molecule has 0 atom stereocenters. The molecule has 12 heavy (non-hydrogen) atoms. The van der Waals surface area contributed by atoms with E-state index in [0.29, 0.717) is 0 Å². The molecule has 0 amide bonds. The Hall–Kier alpha value is 0.610. The SMILES string of the molecule is CN.IOCCN1CCCCC1. The molecular formula is C8H19IN2O. The van der Waals surface area contributed by atoms with Crippen molar-refractivity contribution >= 4 is 23.0 Å². The average Bonchev–Trinajstić information content (AvgIpc) is 2.19. The van der Waals surface area contributed by atoms with E-state index in [0.717, 1.165) is 13.2 Å². The van der Waals surface area contributed by atoms with Crippen molar-refractivity contribution in [1.82, 2.24) is 4.90 Å². The molecule has 0 spiro atoms. The molecule has 1 saturated heterocycles. The molecule has 2 N–H and O–H groups in total. The van der Waals surface area contributed by atoms with Gasteiger partial charge in [-0.2, -0.15) is 0 Å². The average molecular weight is 286 g/mol. The fourth-order valence-corrected chi connectivity index (χ4v) is 1.54. The lowest BCUT2D eigenvalue weighted by atomic mass is 10.1. The Kier molecular flexibility index (Phi) is 10.2. The van der Waals surface area contributed by atoms with E-state index in [1.165, 1.54) is 39.4 Å². The summed E-state index contributed by atoms with van der Waals surface area (Å²) in [4.78, 5) is 2.47. The van der Waals surface area contributed by atoms with Gasteiger partial charge in [-0.25, -0.2) is 0 Å². The van der Waals surface area contributed by atoms with Gasteiger partial charge >= 0.3 is 0 Å². The number of hydrogen-bond donors (Lipinski definition) is 1. The van der Waals surface area contributed by atoms with E-state index >= 15 is 0 Å². The van der Waals surface area contributed by atoms with Crippen LogP contribution in [0, 0.1) is 0 Å². The molecule has 1 heterocycles. The van der Waals surface area contributed by atoms with Crippen LogP contribution in [0.25, 0.3) is 0 Å². The fraction of sp³-hybridized carbons (Fsp3) is 1.00. The number of rotatable bonds is 3. The van der Waals surface area contributed by atoms with Crippen molar-refractivity contribution in [2.75, 3.05) is 33.3 Å². The standard InChI is InChI=1S/C7H14INO.CH5N/c8-10-7-6-9-4-2-1-3-5-9;1-2/h1-7H2;2H2,1H3. The van der Waals surface area contributed by atoms with Gasteiger partial charge < -0.3 is 13.7 Å². The predicted molar refractivity (Wildman–Crippen MR) is 60.4 cm³/mol. The second kappa shape index (κ2) is 9.70. The second-order valence-electron chi connectivity index (χ2n) is 2.72. The molecule has 0 bridgehead atoms. The van der Waals surface area contributed by atoms with Crippen LogP contribution >= 0.6 is 23.0 Å². The Labute approximate surface area is 89.3 Å². The minimum absolute atomic E-state index is 0.876. The van der Waals surface area contributed by atoms with Gasteiger partial charge in [0.25, 0.3) is 0 Å². The minimum atomic E-state index is 0.876. The van der Waals surface area contributed by atoms with Crippen molar-refractivity contribution < 1.29 is 3.07 Å². The quantitative estimate of drug-likeness (QED) is 0.797. The van der Waals surface area contributed by atoms with E-state index in [4.69, 9.17) is 3.07 Å². The number of nitrogens with two attached hydrogens (primary N) is 1. The number of halogens is 1. The summed E-state index contributed by atoms with van der Waals surface area (Å²) < 4.78 is 4.97. The molecule has 0 aromatic carbocycles. The van der Waals surface area contributed by atoms with Gasteiger partial charge in [-0.3, -0.25) is 0 Å². The van der Waals surface area contributed by atoms with Crippen molar-refractivity contribution in [3.8, 4) is 0 Å². The Morgan fingerprint density at radius 1 is 1.25 bits per heavy atom. The highest BCUT2D eigenvalue weighted by Crippen LogP contribution is 2.07. The summed E-state index contributed by atoms with van der Waals surface area (Å²) in [6, 6.07) is 0. The topological polar surface area (TPSA) is 38.5 Å². The van der Waals surface area contributed by atoms with Crippen LogP contribution < -0.4 is 5.73 Å². The van der Waals surface area contributed by atoms with Gasteiger partial charge in [-0.1, -0.05) is 6.42 Å². The van der Waals surface area contributed by atoms with Gasteiger partial charge in [-0.05, 0) is 33.0 Å². The maximum atomic E-state index is 4.97. The maximum absolute atomic E-state index is 4.97. The van der Waals surface area contributed by atoms with Gasteiger partial charge in [0.05, 0.1) is 6.61 Å². The summed E-state index contributed by atoms with van der Waals surface area (Å²) in [5.74, 6) is 0. The van der Waals surface area contributed by atoms with Crippen molar-refractivity contribution in [3.05, 3.63) is 0 Å². The summed E-state index contributed by atoms with van der Waals surface area (Å²) in [5.41, 5.74) is 4.50. The molecule has 0 radical (unpaired) electrons. The summed E-state index contributed by atoms with van der Waals surface area (Å²) in [6.07, 6.45) is 4.17. The zero-order chi connectivity index (χ0) is 9.23. The Morgan fingerprint density at radius 2 is 1.83 bits per heavy atom. The molecular weight excluding hydrogens is 267 g/mol. The van der Waals surface area contributed by atoms with Gasteiger partial charge in [0.15, 0.2) is 0 Å². The van der Waals surface area contributed by atoms with Crippen LogP contribution in [0.4, 0.5) is 0 Å². The fourth-order valence-electron chi connectivity index (χ4n) is 1.35. The van der Waals surface area contributed by atoms with Crippen molar-refractivity contribution in [2.45, 2.75) is 19.3 Å². The molecule has 0 aromatic rings. The summed E-state index contributed by atoms with van der Waals surface area (Å²) >= 11 is 1.96. The first-order chi connectivity index (χ1) is 5.93. The summed E-state index contributed by atoms with van der Waals surface area (Å²) in [7, 11) is 1.50. The summed E-state index contributed by atoms with van der Waals surface area (Å²) in [6.45, 7) is 4.55. The van der Waals surface area contributed by atoms with E-state index in [1.54, 1.807) is 0 Å². The molecule has 1 aliphatic heterocycles. The van der Waals surface area contributed by atoms with E-state index in [2.05, 4.69) is 10.6 Å². The Morgan fingerprint density at radius 3 is 2.33 bits per heavy atom. The highest BCUT2D eigenvalue weighted by molar-refractivity contribution is 14.1. The molecule has 74 valence electrons. The Bertz CT molecular complexity index is 87.1. The van der Waals surface area contributed by atoms with E-state index in [-0.39, 0.29) is 0 Å². The molecule has 3 nitrogen and oxygen atoms in total. The van der Waals surface area contributed by atoms with Crippen LogP contribution in [0.5, 0.6) is 0 Å². The molecule has 1 aliphatic rings. The van der Waals surface area contributed by atoms with E-state index in [9.17, 15) is 0 Å². The lowest BCUT2D eigenvalue weighted by Crippen LogP contribution is -2.32. The number of piperidine rings is 1. The third kappa shape index (κ3) is 6.16. The first-order valence-electron chi connectivity index (χ1n) is 4.47. The molecule has 1 fully saturated rings. The number of likely N-dealkylation sites (tertiary alicyclic amines) is 1. The van der Waals surface area contributed by atoms with E-state index < -0.39 is 0 Å². The van der Waals surface area contributed by atoms with Crippen LogP contribution in [0.2, 0.25) is 0 Å². The minimum Gasteiger partial charge on any atom is -0.333 e. The number of nitrogens with zero attached hydrogens (tertiary/aromatic N) is 1. The largest absolute Gasteiger partial charge is 0.333 e. The molecule has 0 unspecified atom stereocenters. The smallest absolute Gasteiger partial charge is 0.109 e. The normalized spacial score (nSPS) is 18.2. The van der Waals surface area contributed by atoms with Crippen LogP contribution in [-0.4, -0.2) is 38.2 Å². The molecule has 0 saturated carbocycles. The molecule has 0 aromatic heterocycles. The maximum Gasteiger partial charge on any atom is 0.109 e. The van der Waals surface area contributed by atoms with E-state index in [1.807, 2.05) is 23.0 Å². The summed E-state index contributed by atoms with van der Waals surface area (Å²) in [5, 5.41) is 0. The van der Waals surface area contributed by atoms with Crippen LogP contribution in [-0.2, 0) is 3.07 Å². The lowest BCUT2D eigenvalue weighted by Gasteiger charge is -2.25. The first kappa shape index (κ1) is 12.6. The second-order valence-corrected chi connectivity index (χ2v) is 3.34. The first-order valence-corrected chi connectivity index (χ1v) is 5.35. The van der Waals surface area contributed by atoms with Gasteiger partial charge in [0.1, 0.15) is 23.0 Å². The molecule has 4 heteroatoms. The lowest BCUT2D eigenvalue weighted by molar-refractivity contribution is 0.203. The van der Waals surface area contributed by atoms with Gasteiger partial charge in [0, 0.05) is 6.54 Å². The van der Waals surface area contributed by atoms with Crippen LogP contribution in [0.3, 0.4) is 0 Å². The van der Waals surface area contributed by atoms with Crippen LogP contribution in [0.15, 0.2) is 0 Å². The molecule has 0 aliphatic carbocycles. The predicted octanol–water partition coefficient (Wildman–Crippen LogP) is 1.41. The highest BCUT2D eigenvalue weighted by atomic mass is 127. The van der Waals surface area contributed by atoms with Crippen molar-refractivity contribution in [1.29, 1.82) is 0 Å². The third-order valence-corrected chi connectivity index (χ3v) is 2.37. The zero-order valence-corrected chi connectivity index (χ0v) is 9.92. The Balaban J connectivity index is 0.000000561. The van der Waals surface area contributed by atoms with Crippen molar-refractivity contribution in [2.24, 2.45) is 5.73 Å². The monoisotopic (exact) mass is 286 g/mol. The van der Waals surface area contributed by atoms with Gasteiger partial charge in [-0.15, -0.1) is 0 Å². The number of hydrogen-bond acceptors (Lipinski definition) is 3. The molecule has 1 rings (SSSR count). The highest BCUT2D eigenvalue weighted by Gasteiger charge is 2.08. The van der Waals surface area contributed by atoms with Crippen molar-refractivity contribution in [3.63, 3.8) is 0 Å². The zero-order valence-electron chi connectivity index (χ0n) is 7.76. The third-order valence-electron chi connectivity index (χ3n) is 1.93.